The molecule has 104 valence electrons. The van der Waals surface area contributed by atoms with Crippen LogP contribution in [-0.2, 0) is 18.3 Å². The number of nitrogens with two attached hydrogens (primary N) is 1. The summed E-state index contributed by atoms with van der Waals surface area (Å²) in [5.41, 5.74) is 6.70. The SMILES string of the molecule is CC.Cn1cc(CC(N)C(=O)O)c2cccc(F)c21. The van der Waals surface area contributed by atoms with Gasteiger partial charge in [0.25, 0.3) is 0 Å². The van der Waals surface area contributed by atoms with E-state index in [1.54, 1.807) is 29.9 Å². The molecule has 2 aromatic rings. The molecule has 1 aromatic heterocycles. The van der Waals surface area contributed by atoms with Gasteiger partial charge in [-0.05, 0) is 11.6 Å². The van der Waals surface area contributed by atoms with E-state index in [4.69, 9.17) is 10.8 Å². The molecular weight excluding hydrogens is 247 g/mol. The molecule has 3 N–H and O–H groups in total. The van der Waals surface area contributed by atoms with Crippen LogP contribution < -0.4 is 5.73 Å². The number of carbonyl (C=O) groups is 1. The van der Waals surface area contributed by atoms with Crippen molar-refractivity contribution in [2.24, 2.45) is 12.8 Å². The number of nitrogens with zero attached hydrogens (tertiary/aromatic N) is 1. The van der Waals surface area contributed by atoms with Gasteiger partial charge in [-0.25, -0.2) is 4.39 Å². The maximum atomic E-state index is 13.6. The highest BCUT2D eigenvalue weighted by Crippen LogP contribution is 2.23. The molecule has 1 atom stereocenters. The molecule has 1 heterocycles. The predicted octanol–water partition coefficient (Wildman–Crippen LogP) is 2.30. The fraction of sp³-hybridized carbons (Fsp3) is 0.357. The van der Waals surface area contributed by atoms with Crippen molar-refractivity contribution >= 4 is 16.9 Å². The lowest BCUT2D eigenvalue weighted by Gasteiger charge is -2.04. The summed E-state index contributed by atoms with van der Waals surface area (Å²) in [6.45, 7) is 4.00. The zero-order valence-electron chi connectivity index (χ0n) is 11.4. The summed E-state index contributed by atoms with van der Waals surface area (Å²) in [7, 11) is 1.72. The number of hydrogen-bond donors (Lipinski definition) is 2. The van der Waals surface area contributed by atoms with Gasteiger partial charge >= 0.3 is 5.97 Å². The summed E-state index contributed by atoms with van der Waals surface area (Å²) in [5.74, 6) is -1.38. The van der Waals surface area contributed by atoms with Crippen LogP contribution in [0.25, 0.3) is 10.9 Å². The molecule has 19 heavy (non-hydrogen) atoms. The molecule has 0 bridgehead atoms. The third-order valence-electron chi connectivity index (χ3n) is 2.79. The van der Waals surface area contributed by atoms with Crippen LogP contribution >= 0.6 is 0 Å². The van der Waals surface area contributed by atoms with Crippen LogP contribution in [-0.4, -0.2) is 21.7 Å². The van der Waals surface area contributed by atoms with E-state index in [1.165, 1.54) is 6.07 Å². The van der Waals surface area contributed by atoms with E-state index in [-0.39, 0.29) is 12.2 Å². The van der Waals surface area contributed by atoms with Crippen molar-refractivity contribution in [1.29, 1.82) is 0 Å². The number of carboxylic acid groups (broad SMARTS) is 1. The van der Waals surface area contributed by atoms with Crippen molar-refractivity contribution in [3.63, 3.8) is 0 Å². The quantitative estimate of drug-likeness (QED) is 0.895. The molecule has 0 aliphatic heterocycles. The number of rotatable bonds is 3. The summed E-state index contributed by atoms with van der Waals surface area (Å²) < 4.78 is 15.2. The highest BCUT2D eigenvalue weighted by atomic mass is 19.1. The molecule has 1 unspecified atom stereocenters. The first-order valence-corrected chi connectivity index (χ1v) is 6.21. The Hall–Kier alpha value is -1.88. The lowest BCUT2D eigenvalue weighted by molar-refractivity contribution is -0.138. The number of para-hydroxylation sites is 1. The van der Waals surface area contributed by atoms with Crippen molar-refractivity contribution in [1.82, 2.24) is 4.57 Å². The molecule has 2 rings (SSSR count). The summed E-state index contributed by atoms with van der Waals surface area (Å²) in [6, 6.07) is 3.78. The minimum atomic E-state index is -1.06. The van der Waals surface area contributed by atoms with Gasteiger partial charge in [-0.2, -0.15) is 0 Å². The van der Waals surface area contributed by atoms with E-state index in [1.807, 2.05) is 13.8 Å². The van der Waals surface area contributed by atoms with E-state index >= 15 is 0 Å². The molecule has 0 saturated heterocycles. The first kappa shape index (κ1) is 15.2. The number of fused-ring (bicyclic) bond motifs is 1. The van der Waals surface area contributed by atoms with Gasteiger partial charge in [-0.3, -0.25) is 4.79 Å². The third kappa shape index (κ3) is 3.12. The number of hydrogen-bond acceptors (Lipinski definition) is 2. The average Bonchev–Trinajstić information content (AvgIpc) is 2.70. The van der Waals surface area contributed by atoms with Crippen molar-refractivity contribution in [3.05, 3.63) is 35.8 Å². The average molecular weight is 266 g/mol. The maximum Gasteiger partial charge on any atom is 0.320 e. The van der Waals surface area contributed by atoms with Crippen molar-refractivity contribution in [2.45, 2.75) is 26.3 Å². The fourth-order valence-electron chi connectivity index (χ4n) is 1.99. The van der Waals surface area contributed by atoms with Crippen LogP contribution in [0, 0.1) is 5.82 Å². The molecule has 0 aliphatic carbocycles. The number of aromatic nitrogens is 1. The normalized spacial score (nSPS) is 11.8. The second kappa shape index (κ2) is 6.33. The molecule has 1 aromatic carbocycles. The minimum absolute atomic E-state index is 0.191. The van der Waals surface area contributed by atoms with Gasteiger partial charge in [0.1, 0.15) is 11.9 Å². The highest BCUT2D eigenvalue weighted by molar-refractivity contribution is 5.85. The second-order valence-corrected chi connectivity index (χ2v) is 4.05. The Morgan fingerprint density at radius 1 is 1.47 bits per heavy atom. The van der Waals surface area contributed by atoms with Gasteiger partial charge in [0, 0.05) is 25.1 Å². The molecule has 0 spiro atoms. The molecule has 5 heteroatoms. The molecule has 0 saturated carbocycles. The van der Waals surface area contributed by atoms with Gasteiger partial charge in [0.2, 0.25) is 0 Å². The first-order chi connectivity index (χ1) is 9.00. The lowest BCUT2D eigenvalue weighted by Crippen LogP contribution is -2.32. The van der Waals surface area contributed by atoms with Crippen LogP contribution in [0.1, 0.15) is 19.4 Å². The first-order valence-electron chi connectivity index (χ1n) is 6.21. The molecule has 0 aliphatic rings. The zero-order chi connectivity index (χ0) is 14.6. The lowest BCUT2D eigenvalue weighted by atomic mass is 10.1. The molecule has 0 fully saturated rings. The Morgan fingerprint density at radius 3 is 2.68 bits per heavy atom. The zero-order valence-corrected chi connectivity index (χ0v) is 11.4. The fourth-order valence-corrected chi connectivity index (χ4v) is 1.99. The Bertz CT molecular complexity index is 578. The van der Waals surface area contributed by atoms with E-state index in [2.05, 4.69) is 0 Å². The topological polar surface area (TPSA) is 68.2 Å². The van der Waals surface area contributed by atoms with Gasteiger partial charge in [-0.1, -0.05) is 26.0 Å². The second-order valence-electron chi connectivity index (χ2n) is 4.05. The standard InChI is InChI=1S/C12H13FN2O2.C2H6/c1-15-6-7(5-10(14)12(16)17)8-3-2-4-9(13)11(8)15;1-2/h2-4,6,10H,5,14H2,1H3,(H,16,17);1-2H3. The van der Waals surface area contributed by atoms with Gasteiger partial charge in [-0.15, -0.1) is 0 Å². The summed E-state index contributed by atoms with van der Waals surface area (Å²) >= 11 is 0. The molecule has 0 amide bonds. The molecular formula is C14H19FN2O2. The van der Waals surface area contributed by atoms with Crippen molar-refractivity contribution in [3.8, 4) is 0 Å². The number of halogens is 1. The number of benzene rings is 1. The smallest absolute Gasteiger partial charge is 0.320 e. The monoisotopic (exact) mass is 266 g/mol. The van der Waals surface area contributed by atoms with Gasteiger partial charge in [0.05, 0.1) is 5.52 Å². The van der Waals surface area contributed by atoms with Crippen LogP contribution in [0.15, 0.2) is 24.4 Å². The highest BCUT2D eigenvalue weighted by Gasteiger charge is 2.16. The van der Waals surface area contributed by atoms with Crippen LogP contribution in [0.5, 0.6) is 0 Å². The Kier molecular flexibility index (Phi) is 5.06. The minimum Gasteiger partial charge on any atom is -0.480 e. The van der Waals surface area contributed by atoms with Crippen molar-refractivity contribution in [2.75, 3.05) is 0 Å². The Balaban J connectivity index is 0.000000861. The number of aryl methyl sites for hydroxylation is 1. The van der Waals surface area contributed by atoms with E-state index in [9.17, 15) is 9.18 Å². The predicted molar refractivity (Wildman–Crippen MR) is 73.5 cm³/mol. The Labute approximate surface area is 111 Å². The number of carboxylic acids is 1. The van der Waals surface area contributed by atoms with Gasteiger partial charge in [0.15, 0.2) is 0 Å². The van der Waals surface area contributed by atoms with Gasteiger partial charge < -0.3 is 15.4 Å². The van der Waals surface area contributed by atoms with Crippen LogP contribution in [0.4, 0.5) is 4.39 Å². The van der Waals surface area contributed by atoms with Crippen molar-refractivity contribution < 1.29 is 14.3 Å². The van der Waals surface area contributed by atoms with E-state index in [0.717, 1.165) is 5.56 Å². The molecule has 0 radical (unpaired) electrons. The number of aliphatic carboxylic acids is 1. The summed E-state index contributed by atoms with van der Waals surface area (Å²) in [5, 5.41) is 9.48. The Morgan fingerprint density at radius 2 is 2.11 bits per heavy atom. The maximum absolute atomic E-state index is 13.6. The van der Waals surface area contributed by atoms with Crippen LogP contribution in [0.3, 0.4) is 0 Å². The van der Waals surface area contributed by atoms with Crippen LogP contribution in [0.2, 0.25) is 0 Å². The van der Waals surface area contributed by atoms with E-state index < -0.39 is 12.0 Å². The third-order valence-corrected chi connectivity index (χ3v) is 2.79. The van der Waals surface area contributed by atoms with E-state index in [0.29, 0.717) is 10.9 Å². The summed E-state index contributed by atoms with van der Waals surface area (Å²) in [6.07, 6.45) is 1.91. The largest absolute Gasteiger partial charge is 0.480 e. The summed E-state index contributed by atoms with van der Waals surface area (Å²) in [4.78, 5) is 10.7. The molecule has 4 nitrogen and oxygen atoms in total.